The van der Waals surface area contributed by atoms with Gasteiger partial charge >= 0.3 is 0 Å². The Morgan fingerprint density at radius 2 is 2.00 bits per heavy atom. The fraction of sp³-hybridized carbons (Fsp3) is 0.450. The second-order valence-corrected chi connectivity index (χ2v) is 6.86. The molecule has 1 saturated heterocycles. The van der Waals surface area contributed by atoms with Crippen LogP contribution in [0.4, 0.5) is 5.82 Å². The molecule has 0 radical (unpaired) electrons. The van der Waals surface area contributed by atoms with Crippen LogP contribution in [0, 0.1) is 5.92 Å². The molecule has 6 nitrogen and oxygen atoms in total. The topological polar surface area (TPSA) is 81.3 Å². The number of hydrogen-bond donors (Lipinski definition) is 1. The van der Waals surface area contributed by atoms with Crippen molar-refractivity contribution in [3.05, 3.63) is 53.5 Å². The van der Waals surface area contributed by atoms with E-state index >= 15 is 0 Å². The summed E-state index contributed by atoms with van der Waals surface area (Å²) in [7, 11) is 1.67. The largest absolute Gasteiger partial charge is 0.382 e. The maximum absolute atomic E-state index is 12.8. The standard InChI is InChI=1S/C20H26N4O2/c1-26-14-16-4-6-17(7-5-16)20(25)24-9-2-3-15(8-10-24)11-18-12-23-19(21)13-22-18/h4-7,12-13,15H,2-3,8-11,14H2,1H3,(H2,21,23). The molecule has 26 heavy (non-hydrogen) atoms. The van der Waals surface area contributed by atoms with Crippen molar-refractivity contribution in [3.8, 4) is 0 Å². The summed E-state index contributed by atoms with van der Waals surface area (Å²) in [6.07, 6.45) is 7.35. The first-order valence-corrected chi connectivity index (χ1v) is 9.09. The van der Waals surface area contributed by atoms with Crippen molar-refractivity contribution in [1.29, 1.82) is 0 Å². The van der Waals surface area contributed by atoms with Crippen molar-refractivity contribution in [2.75, 3.05) is 25.9 Å². The molecule has 0 bridgehead atoms. The van der Waals surface area contributed by atoms with Crippen molar-refractivity contribution < 1.29 is 9.53 Å². The molecular weight excluding hydrogens is 328 g/mol. The number of nitrogens with two attached hydrogens (primary N) is 1. The zero-order valence-electron chi connectivity index (χ0n) is 15.2. The molecule has 138 valence electrons. The Morgan fingerprint density at radius 3 is 2.69 bits per heavy atom. The molecule has 0 spiro atoms. The van der Waals surface area contributed by atoms with Gasteiger partial charge in [0.2, 0.25) is 0 Å². The van der Waals surface area contributed by atoms with E-state index in [-0.39, 0.29) is 5.91 Å². The third kappa shape index (κ3) is 4.79. The molecule has 2 N–H and O–H groups in total. The monoisotopic (exact) mass is 354 g/mol. The van der Waals surface area contributed by atoms with Gasteiger partial charge in [-0.05, 0) is 49.3 Å². The van der Waals surface area contributed by atoms with Gasteiger partial charge in [-0.2, -0.15) is 0 Å². The van der Waals surface area contributed by atoms with E-state index in [0.29, 0.717) is 18.3 Å². The lowest BCUT2D eigenvalue weighted by atomic mass is 9.95. The van der Waals surface area contributed by atoms with E-state index in [4.69, 9.17) is 10.5 Å². The molecule has 0 saturated carbocycles. The minimum atomic E-state index is 0.113. The van der Waals surface area contributed by atoms with Gasteiger partial charge in [-0.15, -0.1) is 0 Å². The minimum Gasteiger partial charge on any atom is -0.382 e. The van der Waals surface area contributed by atoms with Crippen molar-refractivity contribution in [3.63, 3.8) is 0 Å². The average Bonchev–Trinajstić information content (AvgIpc) is 2.90. The van der Waals surface area contributed by atoms with Crippen LogP contribution < -0.4 is 5.73 Å². The number of ether oxygens (including phenoxy) is 1. The van der Waals surface area contributed by atoms with Gasteiger partial charge in [0, 0.05) is 25.8 Å². The molecule has 2 aromatic rings. The molecular formula is C20H26N4O2. The molecule has 3 rings (SSSR count). The maximum Gasteiger partial charge on any atom is 0.253 e. The fourth-order valence-corrected chi connectivity index (χ4v) is 3.43. The van der Waals surface area contributed by atoms with Crippen molar-refractivity contribution in [1.82, 2.24) is 14.9 Å². The zero-order valence-corrected chi connectivity index (χ0v) is 15.2. The molecule has 1 aliphatic heterocycles. The third-order valence-electron chi connectivity index (χ3n) is 4.87. The first-order valence-electron chi connectivity index (χ1n) is 9.09. The number of likely N-dealkylation sites (tertiary alicyclic amines) is 1. The van der Waals surface area contributed by atoms with Crippen molar-refractivity contribution >= 4 is 11.7 Å². The summed E-state index contributed by atoms with van der Waals surface area (Å²) in [5.41, 5.74) is 8.38. The van der Waals surface area contributed by atoms with Gasteiger partial charge in [0.05, 0.1) is 24.7 Å². The van der Waals surface area contributed by atoms with Gasteiger partial charge in [0.1, 0.15) is 5.82 Å². The molecule has 2 heterocycles. The van der Waals surface area contributed by atoms with Crippen LogP contribution in [-0.4, -0.2) is 41.0 Å². The van der Waals surface area contributed by atoms with E-state index in [9.17, 15) is 4.79 Å². The van der Waals surface area contributed by atoms with Gasteiger partial charge < -0.3 is 15.4 Å². The second kappa shape index (κ2) is 8.76. The van der Waals surface area contributed by atoms with Gasteiger partial charge in [0.25, 0.3) is 5.91 Å². The number of rotatable bonds is 5. The fourth-order valence-electron chi connectivity index (χ4n) is 3.43. The molecule has 1 unspecified atom stereocenters. The van der Waals surface area contributed by atoms with Crippen LogP contribution in [0.3, 0.4) is 0 Å². The maximum atomic E-state index is 12.8. The number of hydrogen-bond acceptors (Lipinski definition) is 5. The summed E-state index contributed by atoms with van der Waals surface area (Å²) in [5, 5.41) is 0. The summed E-state index contributed by atoms with van der Waals surface area (Å²) in [6, 6.07) is 7.69. The Kier molecular flexibility index (Phi) is 6.17. The van der Waals surface area contributed by atoms with Crippen LogP contribution in [-0.2, 0) is 17.8 Å². The molecule has 1 aromatic heterocycles. The molecule has 1 fully saturated rings. The number of carbonyl (C=O) groups is 1. The third-order valence-corrected chi connectivity index (χ3v) is 4.87. The second-order valence-electron chi connectivity index (χ2n) is 6.86. The lowest BCUT2D eigenvalue weighted by Gasteiger charge is -2.21. The molecule has 1 aliphatic rings. The highest BCUT2D eigenvalue weighted by Gasteiger charge is 2.22. The molecule has 0 aliphatic carbocycles. The van der Waals surface area contributed by atoms with E-state index in [1.165, 1.54) is 0 Å². The van der Waals surface area contributed by atoms with Crippen LogP contribution in [0.15, 0.2) is 36.7 Å². The summed E-state index contributed by atoms with van der Waals surface area (Å²) in [5.74, 6) is 1.08. The Hall–Kier alpha value is -2.47. The zero-order chi connectivity index (χ0) is 18.4. The molecule has 1 amide bonds. The van der Waals surface area contributed by atoms with Crippen LogP contribution in [0.5, 0.6) is 0 Å². The number of carbonyl (C=O) groups excluding carboxylic acids is 1. The summed E-state index contributed by atoms with van der Waals surface area (Å²) >= 11 is 0. The van der Waals surface area contributed by atoms with Gasteiger partial charge in [-0.25, -0.2) is 4.98 Å². The number of nitrogen functional groups attached to an aromatic ring is 1. The van der Waals surface area contributed by atoms with Crippen LogP contribution in [0.1, 0.15) is 40.9 Å². The Balaban J connectivity index is 1.57. The van der Waals surface area contributed by atoms with Crippen LogP contribution in [0.2, 0.25) is 0 Å². The quantitative estimate of drug-likeness (QED) is 0.893. The highest BCUT2D eigenvalue weighted by Crippen LogP contribution is 2.22. The molecule has 6 heteroatoms. The molecule has 1 aromatic carbocycles. The van der Waals surface area contributed by atoms with Gasteiger partial charge in [-0.3, -0.25) is 9.78 Å². The minimum absolute atomic E-state index is 0.113. The molecule has 1 atom stereocenters. The Labute approximate surface area is 154 Å². The number of nitrogens with zero attached hydrogens (tertiary/aromatic N) is 3. The number of anilines is 1. The van der Waals surface area contributed by atoms with Crippen LogP contribution >= 0.6 is 0 Å². The SMILES string of the molecule is COCc1ccc(C(=O)N2CCCC(Cc3cnc(N)cn3)CC2)cc1. The van der Waals surface area contributed by atoms with E-state index < -0.39 is 0 Å². The van der Waals surface area contributed by atoms with E-state index in [0.717, 1.165) is 55.6 Å². The average molecular weight is 354 g/mol. The first-order chi connectivity index (χ1) is 12.7. The van der Waals surface area contributed by atoms with E-state index in [2.05, 4.69) is 9.97 Å². The first kappa shape index (κ1) is 18.3. The predicted molar refractivity (Wildman–Crippen MR) is 101 cm³/mol. The number of benzene rings is 1. The van der Waals surface area contributed by atoms with E-state index in [1.54, 1.807) is 19.5 Å². The predicted octanol–water partition coefficient (Wildman–Crippen LogP) is 2.69. The van der Waals surface area contributed by atoms with Gasteiger partial charge in [0.15, 0.2) is 0 Å². The summed E-state index contributed by atoms with van der Waals surface area (Å²) < 4.78 is 5.12. The highest BCUT2D eigenvalue weighted by molar-refractivity contribution is 5.94. The van der Waals surface area contributed by atoms with Crippen molar-refractivity contribution in [2.45, 2.75) is 32.3 Å². The lowest BCUT2D eigenvalue weighted by molar-refractivity contribution is 0.0760. The van der Waals surface area contributed by atoms with Gasteiger partial charge in [-0.1, -0.05) is 12.1 Å². The summed E-state index contributed by atoms with van der Waals surface area (Å²) in [6.45, 7) is 2.15. The number of methoxy groups -OCH3 is 1. The number of aromatic nitrogens is 2. The normalized spacial score (nSPS) is 17.7. The van der Waals surface area contributed by atoms with Crippen LogP contribution in [0.25, 0.3) is 0 Å². The Bertz CT molecular complexity index is 716. The lowest BCUT2D eigenvalue weighted by Crippen LogP contribution is -2.32. The smallest absolute Gasteiger partial charge is 0.253 e. The number of amides is 1. The van der Waals surface area contributed by atoms with Crippen molar-refractivity contribution in [2.24, 2.45) is 5.92 Å². The Morgan fingerprint density at radius 1 is 1.19 bits per heavy atom. The van der Waals surface area contributed by atoms with E-state index in [1.807, 2.05) is 29.2 Å². The highest BCUT2D eigenvalue weighted by atomic mass is 16.5. The summed E-state index contributed by atoms with van der Waals surface area (Å²) in [4.78, 5) is 23.2.